The highest BCUT2D eigenvalue weighted by Crippen LogP contribution is 2.54. The normalized spacial score (nSPS) is 33.1. The van der Waals surface area contributed by atoms with Crippen LogP contribution in [0.2, 0.25) is 0 Å². The van der Waals surface area contributed by atoms with Crippen LogP contribution in [-0.4, -0.2) is 88.6 Å². The van der Waals surface area contributed by atoms with E-state index >= 15 is 0 Å². The van der Waals surface area contributed by atoms with E-state index in [4.69, 9.17) is 4.74 Å². The van der Waals surface area contributed by atoms with Gasteiger partial charge in [-0.05, 0) is 83.1 Å². The fourth-order valence-corrected chi connectivity index (χ4v) is 9.38. The largest absolute Gasteiger partial charge is 0.376 e. The van der Waals surface area contributed by atoms with E-state index in [1.54, 1.807) is 0 Å². The Kier molecular flexibility index (Phi) is 9.27. The summed E-state index contributed by atoms with van der Waals surface area (Å²) in [7, 11) is 0. The highest BCUT2D eigenvalue weighted by molar-refractivity contribution is 5.79. The summed E-state index contributed by atoms with van der Waals surface area (Å²) in [5, 5.41) is 3.27. The van der Waals surface area contributed by atoms with Gasteiger partial charge in [-0.25, -0.2) is 13.6 Å². The molecule has 1 aromatic rings. The minimum absolute atomic E-state index is 0.0956. The molecule has 0 radical (unpaired) electrons. The van der Waals surface area contributed by atoms with Crippen LogP contribution >= 0.6 is 0 Å². The summed E-state index contributed by atoms with van der Waals surface area (Å²) in [6.07, 6.45) is 7.38. The number of likely N-dealkylation sites (tertiary alicyclic amines) is 1. The quantitative estimate of drug-likeness (QED) is 0.332. The smallest absolute Gasteiger partial charge is 0.320 e. The molecule has 2 saturated carbocycles. The lowest BCUT2D eigenvalue weighted by Gasteiger charge is -2.53. The molecular weight excluding hydrogens is 562 g/mol. The lowest BCUT2D eigenvalue weighted by Crippen LogP contribution is -2.61. The van der Waals surface area contributed by atoms with Gasteiger partial charge in [0.25, 0.3) is 0 Å². The maximum Gasteiger partial charge on any atom is 0.320 e. The Labute approximate surface area is 262 Å². The molecule has 3 heterocycles. The average molecular weight is 615 g/mol. The first-order valence-electron chi connectivity index (χ1n) is 17.3. The minimum Gasteiger partial charge on any atom is -0.376 e. The third-order valence-electron chi connectivity index (χ3n) is 11.4. The number of halogens is 2. The number of alkyl halides is 2. The lowest BCUT2D eigenvalue weighted by atomic mass is 9.80. The van der Waals surface area contributed by atoms with Crippen LogP contribution in [0.4, 0.5) is 13.6 Å². The van der Waals surface area contributed by atoms with Crippen LogP contribution in [0, 0.1) is 11.8 Å². The summed E-state index contributed by atoms with van der Waals surface area (Å²) < 4.78 is 33.5. The average Bonchev–Trinajstić information content (AvgIpc) is 3.46. The van der Waals surface area contributed by atoms with Crippen molar-refractivity contribution < 1.29 is 23.1 Å². The standard InChI is InChI=1S/C35H52F2N4O3/c1-4-30-28-20-34(23-39(33(43)41(34)24(2)3)22-27-12-8-9-19-44-27)21-31(28)40(30)18-15-29(25-10-6-5-7-11-25)38-32(42)26-13-16-35(36,37)17-14-26/h5-7,10-11,24,26-31H,4,8-9,12-23H2,1-3H3,(H,38,42)/t27?,28?,29-,30?,31?,34?/m0/s1. The van der Waals surface area contributed by atoms with Crippen molar-refractivity contribution in [3.8, 4) is 0 Å². The van der Waals surface area contributed by atoms with Gasteiger partial charge < -0.3 is 19.9 Å². The number of rotatable bonds is 10. The SMILES string of the molecule is CCC1C2CC3(CC2N1CC[C@H](NC(=O)C1CCC(F)(F)CC1)c1ccccc1)CN(CC1CCCCO1)C(=O)N3C(C)C. The van der Waals surface area contributed by atoms with Crippen molar-refractivity contribution in [3.63, 3.8) is 0 Å². The van der Waals surface area contributed by atoms with Gasteiger partial charge in [0.15, 0.2) is 0 Å². The Morgan fingerprint density at radius 3 is 2.50 bits per heavy atom. The second-order valence-electron chi connectivity index (χ2n) is 14.6. The Hall–Kier alpha value is -2.26. The van der Waals surface area contributed by atoms with Crippen LogP contribution in [0.5, 0.6) is 0 Å². The van der Waals surface area contributed by atoms with Gasteiger partial charge in [-0.15, -0.1) is 0 Å². The van der Waals surface area contributed by atoms with E-state index in [1.165, 1.54) is 6.42 Å². The predicted molar refractivity (Wildman–Crippen MR) is 166 cm³/mol. The van der Waals surface area contributed by atoms with Crippen LogP contribution in [0.3, 0.4) is 0 Å². The first-order valence-corrected chi connectivity index (χ1v) is 17.3. The first-order chi connectivity index (χ1) is 21.1. The maximum atomic E-state index is 13.8. The fourth-order valence-electron chi connectivity index (χ4n) is 9.38. The maximum absolute atomic E-state index is 13.8. The van der Waals surface area contributed by atoms with Crippen LogP contribution < -0.4 is 5.32 Å². The zero-order valence-corrected chi connectivity index (χ0v) is 26.9. The van der Waals surface area contributed by atoms with Crippen molar-refractivity contribution >= 4 is 11.9 Å². The Bertz CT molecular complexity index is 1150. The predicted octanol–water partition coefficient (Wildman–Crippen LogP) is 6.39. The molecule has 6 atom stereocenters. The van der Waals surface area contributed by atoms with Gasteiger partial charge >= 0.3 is 6.03 Å². The second kappa shape index (κ2) is 12.9. The number of benzene rings is 1. The molecule has 6 rings (SSSR count). The van der Waals surface area contributed by atoms with E-state index in [0.29, 0.717) is 24.5 Å². The molecular formula is C35H52F2N4O3. The molecule has 3 aliphatic heterocycles. The van der Waals surface area contributed by atoms with Crippen molar-refractivity contribution in [2.24, 2.45) is 11.8 Å². The van der Waals surface area contributed by atoms with Gasteiger partial charge in [0.2, 0.25) is 11.8 Å². The Balaban J connectivity index is 1.13. The van der Waals surface area contributed by atoms with Crippen molar-refractivity contribution in [3.05, 3.63) is 35.9 Å². The second-order valence-corrected chi connectivity index (χ2v) is 14.6. The number of nitrogens with zero attached hydrogens (tertiary/aromatic N) is 3. The molecule has 244 valence electrons. The van der Waals surface area contributed by atoms with E-state index in [1.807, 2.05) is 18.2 Å². The van der Waals surface area contributed by atoms with Crippen LogP contribution in [0.15, 0.2) is 30.3 Å². The number of hydrogen-bond acceptors (Lipinski definition) is 4. The topological polar surface area (TPSA) is 65.1 Å². The number of amides is 3. The highest BCUT2D eigenvalue weighted by Gasteiger charge is 2.63. The van der Waals surface area contributed by atoms with Gasteiger partial charge in [0.05, 0.1) is 17.7 Å². The Morgan fingerprint density at radius 2 is 1.84 bits per heavy atom. The molecule has 3 saturated heterocycles. The highest BCUT2D eigenvalue weighted by atomic mass is 19.3. The number of fused-ring (bicyclic) bond motifs is 1. The van der Waals surface area contributed by atoms with E-state index in [0.717, 1.165) is 63.8 Å². The lowest BCUT2D eigenvalue weighted by molar-refractivity contribution is -0.130. The van der Waals surface area contributed by atoms with Gasteiger partial charge in [-0.3, -0.25) is 9.69 Å². The molecule has 2 aliphatic carbocycles. The summed E-state index contributed by atoms with van der Waals surface area (Å²) in [6, 6.07) is 11.1. The molecule has 9 heteroatoms. The van der Waals surface area contributed by atoms with Crippen LogP contribution in [-0.2, 0) is 9.53 Å². The number of ether oxygens (including phenoxy) is 1. The zero-order valence-electron chi connectivity index (χ0n) is 26.9. The Morgan fingerprint density at radius 1 is 1.09 bits per heavy atom. The molecule has 0 bridgehead atoms. The molecule has 44 heavy (non-hydrogen) atoms. The third-order valence-corrected chi connectivity index (χ3v) is 11.4. The van der Waals surface area contributed by atoms with Crippen LogP contribution in [0.25, 0.3) is 0 Å². The zero-order chi connectivity index (χ0) is 31.1. The van der Waals surface area contributed by atoms with Gasteiger partial charge in [-0.2, -0.15) is 0 Å². The van der Waals surface area contributed by atoms with Gasteiger partial charge in [0.1, 0.15) is 0 Å². The molecule has 7 nitrogen and oxygen atoms in total. The van der Waals surface area contributed by atoms with Crippen molar-refractivity contribution in [1.82, 2.24) is 20.0 Å². The molecule has 5 unspecified atom stereocenters. The van der Waals surface area contributed by atoms with Crippen molar-refractivity contribution in [2.45, 2.75) is 133 Å². The summed E-state index contributed by atoms with van der Waals surface area (Å²) >= 11 is 0. The number of urea groups is 1. The summed E-state index contributed by atoms with van der Waals surface area (Å²) in [4.78, 5) is 34.0. The summed E-state index contributed by atoms with van der Waals surface area (Å²) in [5.74, 6) is -2.53. The summed E-state index contributed by atoms with van der Waals surface area (Å²) in [5.41, 5.74) is 0.913. The molecule has 0 aromatic heterocycles. The number of carbonyl (C=O) groups excluding carboxylic acids is 2. The van der Waals surface area contributed by atoms with Crippen molar-refractivity contribution in [2.75, 3.05) is 26.2 Å². The van der Waals surface area contributed by atoms with E-state index in [-0.39, 0.29) is 67.3 Å². The van der Waals surface area contributed by atoms with Gasteiger partial charge in [0, 0.05) is 63.1 Å². The molecule has 1 spiro atoms. The van der Waals surface area contributed by atoms with E-state index in [9.17, 15) is 18.4 Å². The summed E-state index contributed by atoms with van der Waals surface area (Å²) in [6.45, 7) is 9.69. The van der Waals surface area contributed by atoms with Gasteiger partial charge in [-0.1, -0.05) is 37.3 Å². The molecule has 1 N–H and O–H groups in total. The minimum atomic E-state index is -2.65. The third kappa shape index (κ3) is 6.24. The molecule has 5 fully saturated rings. The van der Waals surface area contributed by atoms with Crippen LogP contribution in [0.1, 0.15) is 103 Å². The number of hydrogen-bond donors (Lipinski definition) is 1. The van der Waals surface area contributed by atoms with E-state index in [2.05, 4.69) is 52.9 Å². The molecule has 3 amide bonds. The first kappa shape index (κ1) is 31.7. The van der Waals surface area contributed by atoms with E-state index < -0.39 is 5.92 Å². The monoisotopic (exact) mass is 614 g/mol. The molecule has 1 aromatic carbocycles. The number of carbonyl (C=O) groups is 2. The molecule has 5 aliphatic rings. The fraction of sp³-hybridized carbons (Fsp3) is 0.771. The van der Waals surface area contributed by atoms with Crippen molar-refractivity contribution in [1.29, 1.82) is 0 Å². The number of nitrogens with one attached hydrogen (secondary N) is 1.